The first kappa shape index (κ1) is 17.5. The molecule has 1 saturated carbocycles. The molecule has 1 N–H and O–H groups in total. The minimum Gasteiger partial charge on any atom is -0.497 e. The minimum absolute atomic E-state index is 0.156. The van der Waals surface area contributed by atoms with Gasteiger partial charge in [-0.1, -0.05) is 31.4 Å². The maximum atomic E-state index is 12.7. The number of methoxy groups -OCH3 is 1. The predicted molar refractivity (Wildman–Crippen MR) is 91.7 cm³/mol. The summed E-state index contributed by atoms with van der Waals surface area (Å²) in [6.07, 6.45) is 4.87. The van der Waals surface area contributed by atoms with Crippen LogP contribution in [0.25, 0.3) is 0 Å². The topological polar surface area (TPSA) is 75.7 Å². The number of carbonyl (C=O) groups excluding carboxylic acids is 3. The standard InChI is InChI=1S/C19H24N2O4/c1-25-15-7-5-14(6-8-15)12-20-16(22)13-21-17(23)11-19(18(21)24)9-3-2-4-10-19/h5-8H,2-4,9-13H2,1H3,(H,20,22). The molecular weight excluding hydrogens is 320 g/mol. The van der Waals surface area contributed by atoms with Crippen LogP contribution in [0, 0.1) is 5.41 Å². The van der Waals surface area contributed by atoms with E-state index in [0.29, 0.717) is 6.54 Å². The molecule has 3 rings (SSSR count). The summed E-state index contributed by atoms with van der Waals surface area (Å²) in [7, 11) is 1.60. The fourth-order valence-electron chi connectivity index (χ4n) is 3.78. The van der Waals surface area contributed by atoms with E-state index in [1.165, 1.54) is 0 Å². The van der Waals surface area contributed by atoms with Gasteiger partial charge in [-0.25, -0.2) is 0 Å². The van der Waals surface area contributed by atoms with Crippen molar-refractivity contribution in [2.45, 2.75) is 45.1 Å². The van der Waals surface area contributed by atoms with Crippen molar-refractivity contribution in [2.75, 3.05) is 13.7 Å². The molecule has 0 bridgehead atoms. The monoisotopic (exact) mass is 344 g/mol. The van der Waals surface area contributed by atoms with Gasteiger partial charge in [-0.15, -0.1) is 0 Å². The quantitative estimate of drug-likeness (QED) is 0.829. The Morgan fingerprint density at radius 3 is 2.48 bits per heavy atom. The smallest absolute Gasteiger partial charge is 0.240 e. The number of imide groups is 1. The molecule has 0 atom stereocenters. The summed E-state index contributed by atoms with van der Waals surface area (Å²) >= 11 is 0. The third kappa shape index (κ3) is 3.67. The zero-order chi connectivity index (χ0) is 17.9. The molecule has 2 fully saturated rings. The molecule has 1 aliphatic carbocycles. The van der Waals surface area contributed by atoms with Crippen LogP contribution in [0.2, 0.25) is 0 Å². The van der Waals surface area contributed by atoms with E-state index < -0.39 is 5.41 Å². The highest BCUT2D eigenvalue weighted by Crippen LogP contribution is 2.45. The third-order valence-electron chi connectivity index (χ3n) is 5.25. The molecule has 1 spiro atoms. The predicted octanol–water partition coefficient (Wildman–Crippen LogP) is 2.02. The van der Waals surface area contributed by atoms with Crippen LogP contribution in [0.3, 0.4) is 0 Å². The van der Waals surface area contributed by atoms with E-state index in [1.54, 1.807) is 7.11 Å². The Bertz CT molecular complexity index is 663. The highest BCUT2D eigenvalue weighted by Gasteiger charge is 2.51. The Kier molecular flexibility index (Phi) is 5.06. The molecule has 1 heterocycles. The number of hydrogen-bond acceptors (Lipinski definition) is 4. The summed E-state index contributed by atoms with van der Waals surface area (Å²) in [4.78, 5) is 38.3. The van der Waals surface area contributed by atoms with E-state index in [0.717, 1.165) is 48.3 Å². The van der Waals surface area contributed by atoms with Crippen LogP contribution < -0.4 is 10.1 Å². The Labute approximate surface area is 147 Å². The summed E-state index contributed by atoms with van der Waals surface area (Å²) in [6, 6.07) is 7.37. The lowest BCUT2D eigenvalue weighted by atomic mass is 9.73. The maximum absolute atomic E-state index is 12.7. The number of likely N-dealkylation sites (tertiary alicyclic amines) is 1. The molecular formula is C19H24N2O4. The molecule has 3 amide bonds. The Morgan fingerprint density at radius 1 is 1.16 bits per heavy atom. The SMILES string of the molecule is COc1ccc(CNC(=O)CN2C(=O)CC3(CCCCC3)C2=O)cc1. The Hall–Kier alpha value is -2.37. The molecule has 0 aromatic heterocycles. The van der Waals surface area contributed by atoms with Crippen LogP contribution in [-0.2, 0) is 20.9 Å². The van der Waals surface area contributed by atoms with Gasteiger partial charge in [0.05, 0.1) is 12.5 Å². The van der Waals surface area contributed by atoms with Crippen molar-refractivity contribution >= 4 is 17.7 Å². The average molecular weight is 344 g/mol. The number of benzene rings is 1. The van der Waals surface area contributed by atoms with Crippen LogP contribution in [-0.4, -0.2) is 36.3 Å². The van der Waals surface area contributed by atoms with Gasteiger partial charge in [0.15, 0.2) is 0 Å². The molecule has 134 valence electrons. The van der Waals surface area contributed by atoms with Crippen LogP contribution in [0.5, 0.6) is 5.75 Å². The molecule has 0 radical (unpaired) electrons. The number of rotatable bonds is 5. The molecule has 1 aliphatic heterocycles. The average Bonchev–Trinajstić information content (AvgIpc) is 2.85. The normalized spacial score (nSPS) is 19.3. The summed E-state index contributed by atoms with van der Waals surface area (Å²) in [6.45, 7) is 0.166. The number of nitrogens with one attached hydrogen (secondary N) is 1. The Balaban J connectivity index is 1.55. The van der Waals surface area contributed by atoms with Gasteiger partial charge in [-0.2, -0.15) is 0 Å². The molecule has 1 saturated heterocycles. The van der Waals surface area contributed by atoms with Gasteiger partial charge in [0.2, 0.25) is 17.7 Å². The lowest BCUT2D eigenvalue weighted by molar-refractivity contribution is -0.145. The molecule has 25 heavy (non-hydrogen) atoms. The summed E-state index contributed by atoms with van der Waals surface area (Å²) in [5.74, 6) is 0.0646. The number of nitrogens with zero attached hydrogens (tertiary/aromatic N) is 1. The van der Waals surface area contributed by atoms with Crippen LogP contribution in [0.4, 0.5) is 0 Å². The van der Waals surface area contributed by atoms with Gasteiger partial charge in [-0.3, -0.25) is 19.3 Å². The van der Waals surface area contributed by atoms with Gasteiger partial charge >= 0.3 is 0 Å². The van der Waals surface area contributed by atoms with Gasteiger partial charge in [0, 0.05) is 13.0 Å². The molecule has 1 aromatic carbocycles. The molecule has 6 heteroatoms. The van der Waals surface area contributed by atoms with Crippen LogP contribution >= 0.6 is 0 Å². The van der Waals surface area contributed by atoms with Crippen molar-refractivity contribution in [3.05, 3.63) is 29.8 Å². The van der Waals surface area contributed by atoms with Crippen molar-refractivity contribution in [2.24, 2.45) is 5.41 Å². The van der Waals surface area contributed by atoms with Crippen LogP contribution in [0.15, 0.2) is 24.3 Å². The van der Waals surface area contributed by atoms with Gasteiger partial charge in [-0.05, 0) is 30.5 Å². The first-order valence-electron chi connectivity index (χ1n) is 8.78. The first-order valence-corrected chi connectivity index (χ1v) is 8.78. The first-order chi connectivity index (χ1) is 12.0. The zero-order valence-corrected chi connectivity index (χ0v) is 14.5. The number of ether oxygens (including phenoxy) is 1. The lowest BCUT2D eigenvalue weighted by Gasteiger charge is -2.30. The van der Waals surface area contributed by atoms with E-state index >= 15 is 0 Å². The summed E-state index contributed by atoms with van der Waals surface area (Å²) in [5, 5.41) is 2.77. The number of amides is 3. The second-order valence-electron chi connectivity index (χ2n) is 6.93. The molecule has 2 aliphatic rings. The summed E-state index contributed by atoms with van der Waals surface area (Å²) in [5.41, 5.74) is 0.392. The van der Waals surface area contributed by atoms with Crippen molar-refractivity contribution in [1.29, 1.82) is 0 Å². The minimum atomic E-state index is -0.536. The number of hydrogen-bond donors (Lipinski definition) is 1. The molecule has 6 nitrogen and oxygen atoms in total. The Morgan fingerprint density at radius 2 is 1.84 bits per heavy atom. The van der Waals surface area contributed by atoms with E-state index in [4.69, 9.17) is 4.74 Å². The largest absolute Gasteiger partial charge is 0.497 e. The second kappa shape index (κ2) is 7.25. The fraction of sp³-hybridized carbons (Fsp3) is 0.526. The fourth-order valence-corrected chi connectivity index (χ4v) is 3.78. The van der Waals surface area contributed by atoms with Gasteiger partial charge < -0.3 is 10.1 Å². The summed E-state index contributed by atoms with van der Waals surface area (Å²) < 4.78 is 5.09. The van der Waals surface area contributed by atoms with E-state index in [-0.39, 0.29) is 30.7 Å². The second-order valence-corrected chi connectivity index (χ2v) is 6.93. The third-order valence-corrected chi connectivity index (χ3v) is 5.25. The van der Waals surface area contributed by atoms with E-state index in [2.05, 4.69) is 5.32 Å². The highest BCUT2D eigenvalue weighted by molar-refractivity contribution is 6.08. The zero-order valence-electron chi connectivity index (χ0n) is 14.5. The van der Waals surface area contributed by atoms with Crippen molar-refractivity contribution < 1.29 is 19.1 Å². The van der Waals surface area contributed by atoms with E-state index in [9.17, 15) is 14.4 Å². The van der Waals surface area contributed by atoms with Crippen LogP contribution in [0.1, 0.15) is 44.1 Å². The molecule has 0 unspecified atom stereocenters. The van der Waals surface area contributed by atoms with Gasteiger partial charge in [0.25, 0.3) is 0 Å². The lowest BCUT2D eigenvalue weighted by Crippen LogP contribution is -2.42. The molecule has 1 aromatic rings. The number of carbonyl (C=O) groups is 3. The van der Waals surface area contributed by atoms with E-state index in [1.807, 2.05) is 24.3 Å². The maximum Gasteiger partial charge on any atom is 0.240 e. The highest BCUT2D eigenvalue weighted by atomic mass is 16.5. The van der Waals surface area contributed by atoms with Crippen molar-refractivity contribution in [1.82, 2.24) is 10.2 Å². The van der Waals surface area contributed by atoms with Crippen molar-refractivity contribution in [3.8, 4) is 5.75 Å². The van der Waals surface area contributed by atoms with Crippen molar-refractivity contribution in [3.63, 3.8) is 0 Å². The van der Waals surface area contributed by atoms with Gasteiger partial charge in [0.1, 0.15) is 12.3 Å².